The van der Waals surface area contributed by atoms with Crippen molar-refractivity contribution in [1.29, 1.82) is 0 Å². The van der Waals surface area contributed by atoms with Crippen molar-refractivity contribution in [3.05, 3.63) is 12.2 Å². The molecular formula is C13H24O3Si. The molecule has 3 nitrogen and oxygen atoms in total. The fourth-order valence-corrected chi connectivity index (χ4v) is 6.18. The summed E-state index contributed by atoms with van der Waals surface area (Å²) in [6, 6.07) is 1.08. The van der Waals surface area contributed by atoms with Crippen molar-refractivity contribution in [3.63, 3.8) is 0 Å². The van der Waals surface area contributed by atoms with Gasteiger partial charge in [0.25, 0.3) is 0 Å². The summed E-state index contributed by atoms with van der Waals surface area (Å²) in [7, 11) is -1.92. The van der Waals surface area contributed by atoms with Crippen molar-refractivity contribution >= 4 is 14.3 Å². The molecule has 0 bridgehead atoms. The lowest BCUT2D eigenvalue weighted by Crippen LogP contribution is -2.53. The third-order valence-electron chi connectivity index (χ3n) is 3.40. The molecule has 1 fully saturated rings. The Kier molecular flexibility index (Phi) is 4.95. The molecule has 4 heteroatoms. The zero-order valence-electron chi connectivity index (χ0n) is 11.4. The van der Waals surface area contributed by atoms with Crippen LogP contribution in [0.3, 0.4) is 0 Å². The van der Waals surface area contributed by atoms with Crippen molar-refractivity contribution in [2.75, 3.05) is 0 Å². The van der Waals surface area contributed by atoms with Gasteiger partial charge in [0.2, 0.25) is 8.32 Å². The van der Waals surface area contributed by atoms with Crippen molar-refractivity contribution in [2.24, 2.45) is 0 Å². The smallest absolute Gasteiger partial charge is 0.333 e. The highest BCUT2D eigenvalue weighted by atomic mass is 28.4. The van der Waals surface area contributed by atoms with E-state index in [1.807, 2.05) is 0 Å². The Balaban J connectivity index is 2.71. The third kappa shape index (κ3) is 3.68. The Morgan fingerprint density at radius 2 is 2.29 bits per heavy atom. The molecule has 1 rings (SSSR count). The fraction of sp³-hybridized carbons (Fsp3) is 0.769. The quantitative estimate of drug-likeness (QED) is 0.440. The van der Waals surface area contributed by atoms with Crippen LogP contribution in [0.1, 0.15) is 40.0 Å². The molecule has 0 aromatic rings. The number of carbonyl (C=O) groups excluding carboxylic acids is 1. The molecule has 0 N–H and O–H groups in total. The average molecular weight is 256 g/mol. The summed E-state index contributed by atoms with van der Waals surface area (Å²) in [5, 5.41) is 0. The van der Waals surface area contributed by atoms with Crippen molar-refractivity contribution in [2.45, 2.75) is 64.5 Å². The average Bonchev–Trinajstić information content (AvgIpc) is 2.24. The van der Waals surface area contributed by atoms with Gasteiger partial charge < -0.3 is 9.16 Å². The predicted octanol–water partition coefficient (Wildman–Crippen LogP) is 3.20. The number of hydrogen-bond donors (Lipinski definition) is 0. The van der Waals surface area contributed by atoms with Crippen LogP contribution in [-0.2, 0) is 14.0 Å². The van der Waals surface area contributed by atoms with E-state index in [1.165, 1.54) is 6.42 Å². The minimum Gasteiger partial charge on any atom is -0.460 e. The number of esters is 1. The van der Waals surface area contributed by atoms with Crippen LogP contribution in [0.5, 0.6) is 0 Å². The molecule has 0 aromatic heterocycles. The van der Waals surface area contributed by atoms with Gasteiger partial charge in [0.15, 0.2) is 0 Å². The van der Waals surface area contributed by atoms with Crippen LogP contribution in [-0.4, -0.2) is 26.1 Å². The van der Waals surface area contributed by atoms with E-state index in [9.17, 15) is 4.79 Å². The first-order valence-corrected chi connectivity index (χ1v) is 9.12. The van der Waals surface area contributed by atoms with Gasteiger partial charge in [-0.25, -0.2) is 4.79 Å². The van der Waals surface area contributed by atoms with E-state index in [2.05, 4.69) is 27.0 Å². The third-order valence-corrected chi connectivity index (χ3v) is 7.58. The molecule has 0 spiro atoms. The van der Waals surface area contributed by atoms with Crippen molar-refractivity contribution in [1.82, 2.24) is 0 Å². The Morgan fingerprint density at radius 3 is 2.76 bits per heavy atom. The number of ether oxygens (including phenoxy) is 1. The van der Waals surface area contributed by atoms with Crippen LogP contribution in [0.4, 0.5) is 0 Å². The molecule has 0 saturated carbocycles. The summed E-state index contributed by atoms with van der Waals surface area (Å²) >= 11 is 0. The van der Waals surface area contributed by atoms with Gasteiger partial charge in [-0.05, 0) is 39.3 Å². The molecule has 1 aliphatic rings. The van der Waals surface area contributed by atoms with Crippen LogP contribution >= 0.6 is 0 Å². The minimum absolute atomic E-state index is 0.0468. The van der Waals surface area contributed by atoms with Gasteiger partial charge in [-0.1, -0.05) is 19.9 Å². The zero-order chi connectivity index (χ0) is 13.1. The van der Waals surface area contributed by atoms with Gasteiger partial charge in [-0.15, -0.1) is 0 Å². The van der Waals surface area contributed by atoms with E-state index in [4.69, 9.17) is 9.16 Å². The Labute approximate surface area is 105 Å². The van der Waals surface area contributed by atoms with Crippen LogP contribution in [0.2, 0.25) is 12.6 Å². The van der Waals surface area contributed by atoms with Crippen molar-refractivity contribution in [3.8, 4) is 0 Å². The number of hydrogen-bond acceptors (Lipinski definition) is 3. The molecule has 17 heavy (non-hydrogen) atoms. The summed E-state index contributed by atoms with van der Waals surface area (Å²) < 4.78 is 11.7. The van der Waals surface area contributed by atoms with Gasteiger partial charge in [0.05, 0.1) is 0 Å². The molecule has 3 unspecified atom stereocenters. The molecule has 0 aliphatic carbocycles. The van der Waals surface area contributed by atoms with Crippen LogP contribution in [0.15, 0.2) is 12.2 Å². The van der Waals surface area contributed by atoms with Crippen LogP contribution in [0, 0.1) is 0 Å². The first-order chi connectivity index (χ1) is 7.89. The topological polar surface area (TPSA) is 35.5 Å². The fourth-order valence-electron chi connectivity index (χ4n) is 2.42. The SMILES string of the molecule is C=C(C)C(=O)OC(CC)[Si]1(C)CCCC(C)O1. The molecule has 1 aliphatic heterocycles. The van der Waals surface area contributed by atoms with E-state index in [-0.39, 0.29) is 11.7 Å². The van der Waals surface area contributed by atoms with Crippen molar-refractivity contribution < 1.29 is 14.0 Å². The highest BCUT2D eigenvalue weighted by Gasteiger charge is 2.43. The maximum Gasteiger partial charge on any atom is 0.333 e. The Morgan fingerprint density at radius 1 is 1.65 bits per heavy atom. The van der Waals surface area contributed by atoms with E-state index < -0.39 is 8.32 Å². The minimum atomic E-state index is -1.92. The summed E-state index contributed by atoms with van der Waals surface area (Å²) in [4.78, 5) is 11.6. The summed E-state index contributed by atoms with van der Waals surface area (Å²) in [6.07, 6.45) is 3.44. The second-order valence-corrected chi connectivity index (χ2v) is 9.22. The predicted molar refractivity (Wildman–Crippen MR) is 71.2 cm³/mol. The molecule has 1 heterocycles. The molecule has 98 valence electrons. The van der Waals surface area contributed by atoms with Gasteiger partial charge in [-0.3, -0.25) is 0 Å². The molecule has 0 amide bonds. The van der Waals surface area contributed by atoms with Crippen LogP contribution < -0.4 is 0 Å². The lowest BCUT2D eigenvalue weighted by molar-refractivity contribution is -0.142. The monoisotopic (exact) mass is 256 g/mol. The van der Waals surface area contributed by atoms with Crippen LogP contribution in [0.25, 0.3) is 0 Å². The van der Waals surface area contributed by atoms with E-state index in [1.54, 1.807) is 6.92 Å². The van der Waals surface area contributed by atoms with E-state index in [0.29, 0.717) is 11.7 Å². The second kappa shape index (κ2) is 5.82. The molecular weight excluding hydrogens is 232 g/mol. The Bertz CT molecular complexity index is 303. The highest BCUT2D eigenvalue weighted by Crippen LogP contribution is 2.31. The first kappa shape index (κ1) is 14.4. The molecule has 0 aromatic carbocycles. The number of carbonyl (C=O) groups is 1. The Hall–Kier alpha value is -0.613. The normalized spacial score (nSPS) is 30.7. The summed E-state index contributed by atoms with van der Waals surface area (Å²) in [6.45, 7) is 11.7. The van der Waals surface area contributed by atoms with Gasteiger partial charge in [-0.2, -0.15) is 0 Å². The molecule has 1 saturated heterocycles. The molecule has 3 atom stereocenters. The summed E-state index contributed by atoms with van der Waals surface area (Å²) in [5.74, 6) is -0.285. The lowest BCUT2D eigenvalue weighted by Gasteiger charge is -2.40. The van der Waals surface area contributed by atoms with Gasteiger partial charge in [0.1, 0.15) is 5.73 Å². The summed E-state index contributed by atoms with van der Waals surface area (Å²) in [5.41, 5.74) is 0.416. The zero-order valence-corrected chi connectivity index (χ0v) is 12.4. The highest BCUT2D eigenvalue weighted by molar-refractivity contribution is 6.74. The maximum atomic E-state index is 11.6. The number of rotatable bonds is 4. The lowest BCUT2D eigenvalue weighted by atomic mass is 10.2. The second-order valence-electron chi connectivity index (χ2n) is 5.22. The first-order valence-electron chi connectivity index (χ1n) is 6.43. The molecule has 0 radical (unpaired) electrons. The van der Waals surface area contributed by atoms with Gasteiger partial charge >= 0.3 is 5.97 Å². The maximum absolute atomic E-state index is 11.6. The van der Waals surface area contributed by atoms with E-state index >= 15 is 0 Å². The standard InChI is InChI=1S/C13H24O3Si/c1-6-12(15-13(14)10(2)3)17(5)9-7-8-11(4)16-17/h11-12H,2,6-9H2,1,3-5H3. The van der Waals surface area contributed by atoms with E-state index in [0.717, 1.165) is 18.9 Å². The van der Waals surface area contributed by atoms with Gasteiger partial charge in [0, 0.05) is 11.7 Å². The largest absolute Gasteiger partial charge is 0.460 e.